The first-order chi connectivity index (χ1) is 16.2. The fourth-order valence-corrected chi connectivity index (χ4v) is 5.17. The number of hydrogen-bond acceptors (Lipinski definition) is 6. The Labute approximate surface area is 200 Å². The fourth-order valence-electron chi connectivity index (χ4n) is 4.03. The molecule has 0 radical (unpaired) electrons. The zero-order valence-electron chi connectivity index (χ0n) is 19.6. The van der Waals surface area contributed by atoms with Gasteiger partial charge in [0.25, 0.3) is 10.0 Å². The van der Waals surface area contributed by atoms with Crippen molar-refractivity contribution in [2.24, 2.45) is 0 Å². The van der Waals surface area contributed by atoms with E-state index in [9.17, 15) is 12.8 Å². The smallest absolute Gasteiger partial charge is 0.265 e. The first-order valence-corrected chi connectivity index (χ1v) is 12.7. The number of piperazine rings is 1. The second-order valence-electron chi connectivity index (χ2n) is 8.68. The lowest BCUT2D eigenvalue weighted by atomic mass is 10.1. The summed E-state index contributed by atoms with van der Waals surface area (Å²) in [4.78, 5) is 6.73. The molecule has 2 heterocycles. The first-order valence-electron chi connectivity index (χ1n) is 11.3. The highest BCUT2D eigenvalue weighted by Crippen LogP contribution is 2.26. The molecule has 0 amide bonds. The SMILES string of the molecule is Cc1cc(N(C)S(=O)(=O)c2ccc(Nc3ccc(F)cc3)nc2)ccc1CN1CCN[C@@H](C)C1. The van der Waals surface area contributed by atoms with Gasteiger partial charge >= 0.3 is 0 Å². The predicted octanol–water partition coefficient (Wildman–Crippen LogP) is 3.89. The molecule has 0 aliphatic carbocycles. The van der Waals surface area contributed by atoms with Crippen molar-refractivity contribution in [2.45, 2.75) is 31.3 Å². The van der Waals surface area contributed by atoms with Crippen molar-refractivity contribution in [3.8, 4) is 0 Å². The molecule has 0 bridgehead atoms. The van der Waals surface area contributed by atoms with Crippen LogP contribution in [0.3, 0.4) is 0 Å². The maximum absolute atomic E-state index is 13.2. The van der Waals surface area contributed by atoms with Crippen molar-refractivity contribution in [1.82, 2.24) is 15.2 Å². The molecule has 0 spiro atoms. The van der Waals surface area contributed by atoms with Gasteiger partial charge in [-0.1, -0.05) is 6.07 Å². The molecule has 2 aromatic carbocycles. The molecule has 1 aromatic heterocycles. The number of anilines is 3. The van der Waals surface area contributed by atoms with Gasteiger partial charge in [0, 0.05) is 51.2 Å². The van der Waals surface area contributed by atoms with E-state index in [1.165, 1.54) is 34.3 Å². The van der Waals surface area contributed by atoms with Crippen LogP contribution in [0.15, 0.2) is 65.7 Å². The number of nitrogens with one attached hydrogen (secondary N) is 2. The number of pyridine rings is 1. The van der Waals surface area contributed by atoms with E-state index in [0.717, 1.165) is 31.7 Å². The number of hydrogen-bond donors (Lipinski definition) is 2. The Morgan fingerprint density at radius 2 is 1.94 bits per heavy atom. The van der Waals surface area contributed by atoms with Gasteiger partial charge in [0.2, 0.25) is 0 Å². The predicted molar refractivity (Wildman–Crippen MR) is 133 cm³/mol. The highest BCUT2D eigenvalue weighted by atomic mass is 32.2. The number of rotatable bonds is 7. The third-order valence-corrected chi connectivity index (χ3v) is 7.82. The van der Waals surface area contributed by atoms with Crippen LogP contribution in [0.4, 0.5) is 21.6 Å². The van der Waals surface area contributed by atoms with Crippen molar-refractivity contribution < 1.29 is 12.8 Å². The van der Waals surface area contributed by atoms with Crippen LogP contribution >= 0.6 is 0 Å². The van der Waals surface area contributed by atoms with Crippen LogP contribution in [0.5, 0.6) is 0 Å². The lowest BCUT2D eigenvalue weighted by molar-refractivity contribution is 0.199. The van der Waals surface area contributed by atoms with Crippen molar-refractivity contribution in [3.05, 3.63) is 77.7 Å². The number of nitrogens with zero attached hydrogens (tertiary/aromatic N) is 3. The van der Waals surface area contributed by atoms with Gasteiger partial charge in [-0.3, -0.25) is 9.21 Å². The van der Waals surface area contributed by atoms with Gasteiger partial charge in [0.05, 0.1) is 5.69 Å². The van der Waals surface area contributed by atoms with E-state index in [1.54, 1.807) is 25.2 Å². The van der Waals surface area contributed by atoms with E-state index < -0.39 is 10.0 Å². The standard InChI is InChI=1S/C25H30FN5O2S/c1-18-14-23(9-4-20(18)17-31-13-12-27-19(2)16-31)30(3)34(32,33)24-10-11-25(28-15-24)29-22-7-5-21(26)6-8-22/h4-11,14-15,19,27H,12-13,16-17H2,1-3H3,(H,28,29)/t19-/m0/s1. The fraction of sp³-hybridized carbons (Fsp3) is 0.320. The number of aryl methyl sites for hydroxylation is 1. The molecule has 9 heteroatoms. The van der Waals surface area contributed by atoms with Gasteiger partial charge in [0.15, 0.2) is 0 Å². The van der Waals surface area contributed by atoms with Crippen LogP contribution in [-0.4, -0.2) is 51.0 Å². The molecule has 4 rings (SSSR count). The van der Waals surface area contributed by atoms with Gasteiger partial charge in [-0.05, 0) is 73.5 Å². The Morgan fingerprint density at radius 1 is 1.18 bits per heavy atom. The highest BCUT2D eigenvalue weighted by Gasteiger charge is 2.23. The minimum absolute atomic E-state index is 0.0937. The minimum atomic E-state index is -3.78. The summed E-state index contributed by atoms with van der Waals surface area (Å²) in [5.41, 5.74) is 3.51. The summed E-state index contributed by atoms with van der Waals surface area (Å²) in [5, 5.41) is 6.47. The molecule has 2 N–H and O–H groups in total. The van der Waals surface area contributed by atoms with Gasteiger partial charge in [0.1, 0.15) is 16.5 Å². The van der Waals surface area contributed by atoms with Crippen LogP contribution in [0, 0.1) is 12.7 Å². The number of halogens is 1. The van der Waals surface area contributed by atoms with Crippen LogP contribution in [0.25, 0.3) is 0 Å². The topological polar surface area (TPSA) is 77.6 Å². The van der Waals surface area contributed by atoms with Gasteiger partial charge < -0.3 is 10.6 Å². The van der Waals surface area contributed by atoms with Crippen molar-refractivity contribution in [1.29, 1.82) is 0 Å². The number of aromatic nitrogens is 1. The van der Waals surface area contributed by atoms with Gasteiger partial charge in [-0.2, -0.15) is 0 Å². The molecule has 34 heavy (non-hydrogen) atoms. The summed E-state index contributed by atoms with van der Waals surface area (Å²) in [5.74, 6) is 0.139. The molecule has 1 fully saturated rings. The lowest BCUT2D eigenvalue weighted by Crippen LogP contribution is -2.48. The molecule has 1 saturated heterocycles. The zero-order chi connectivity index (χ0) is 24.3. The van der Waals surface area contributed by atoms with Crippen LogP contribution < -0.4 is 14.9 Å². The summed E-state index contributed by atoms with van der Waals surface area (Å²) >= 11 is 0. The second kappa shape index (κ2) is 10.1. The van der Waals surface area contributed by atoms with E-state index in [1.807, 2.05) is 25.1 Å². The van der Waals surface area contributed by atoms with Crippen molar-refractivity contribution >= 4 is 27.2 Å². The number of benzene rings is 2. The van der Waals surface area contributed by atoms with Gasteiger partial charge in [-0.15, -0.1) is 0 Å². The first kappa shape index (κ1) is 24.1. The summed E-state index contributed by atoms with van der Waals surface area (Å²) in [6, 6.07) is 15.2. The second-order valence-corrected chi connectivity index (χ2v) is 10.7. The summed E-state index contributed by atoms with van der Waals surface area (Å²) in [7, 11) is -2.23. The molecular weight excluding hydrogens is 453 g/mol. The van der Waals surface area contributed by atoms with E-state index >= 15 is 0 Å². The summed E-state index contributed by atoms with van der Waals surface area (Å²) < 4.78 is 40.7. The third-order valence-electron chi connectivity index (χ3n) is 6.05. The maximum Gasteiger partial charge on any atom is 0.265 e. The Hall–Kier alpha value is -3.01. The molecule has 1 atom stereocenters. The minimum Gasteiger partial charge on any atom is -0.340 e. The molecule has 1 aliphatic heterocycles. The molecule has 180 valence electrons. The highest BCUT2D eigenvalue weighted by molar-refractivity contribution is 7.92. The molecular formula is C25H30FN5O2S. The Kier molecular flexibility index (Phi) is 7.16. The lowest BCUT2D eigenvalue weighted by Gasteiger charge is -2.32. The van der Waals surface area contributed by atoms with E-state index in [2.05, 4.69) is 27.4 Å². The molecule has 0 saturated carbocycles. The average Bonchev–Trinajstić information content (AvgIpc) is 2.82. The average molecular weight is 484 g/mol. The van der Waals surface area contributed by atoms with E-state index in [0.29, 0.717) is 23.2 Å². The Bertz CT molecular complexity index is 1230. The largest absolute Gasteiger partial charge is 0.340 e. The third kappa shape index (κ3) is 5.55. The van der Waals surface area contributed by atoms with E-state index in [4.69, 9.17) is 0 Å². The molecule has 1 aliphatic rings. The van der Waals surface area contributed by atoms with Crippen molar-refractivity contribution in [3.63, 3.8) is 0 Å². The van der Waals surface area contributed by atoms with Crippen LogP contribution in [0.1, 0.15) is 18.1 Å². The summed E-state index contributed by atoms with van der Waals surface area (Å²) in [6.07, 6.45) is 1.32. The van der Waals surface area contributed by atoms with Gasteiger partial charge in [-0.25, -0.2) is 17.8 Å². The summed E-state index contributed by atoms with van der Waals surface area (Å²) in [6.45, 7) is 8.02. The van der Waals surface area contributed by atoms with Crippen LogP contribution in [0.2, 0.25) is 0 Å². The molecule has 0 unspecified atom stereocenters. The Morgan fingerprint density at radius 3 is 2.59 bits per heavy atom. The quantitative estimate of drug-likeness (QED) is 0.531. The Balaban J connectivity index is 1.46. The van der Waals surface area contributed by atoms with E-state index in [-0.39, 0.29) is 10.7 Å². The molecule has 7 nitrogen and oxygen atoms in total. The molecule has 3 aromatic rings. The zero-order valence-corrected chi connectivity index (χ0v) is 20.4. The van der Waals surface area contributed by atoms with Crippen LogP contribution in [-0.2, 0) is 16.6 Å². The monoisotopic (exact) mass is 483 g/mol. The van der Waals surface area contributed by atoms with Crippen molar-refractivity contribution in [2.75, 3.05) is 36.3 Å². The number of sulfonamides is 1. The normalized spacial score (nSPS) is 16.9. The maximum atomic E-state index is 13.2.